The lowest BCUT2D eigenvalue weighted by Gasteiger charge is -2.02. The summed E-state index contributed by atoms with van der Waals surface area (Å²) in [6, 6.07) is 1.82. The zero-order valence-corrected chi connectivity index (χ0v) is 8.82. The number of amides is 1. The van der Waals surface area contributed by atoms with Gasteiger partial charge in [0.25, 0.3) is 11.5 Å². The van der Waals surface area contributed by atoms with Crippen LogP contribution in [0.3, 0.4) is 0 Å². The third-order valence-corrected chi connectivity index (χ3v) is 2.77. The van der Waals surface area contributed by atoms with Gasteiger partial charge in [-0.2, -0.15) is 5.10 Å². The molecule has 0 aliphatic carbocycles. The summed E-state index contributed by atoms with van der Waals surface area (Å²) >= 11 is 0. The molecule has 0 saturated carbocycles. The molecule has 0 saturated heterocycles. The van der Waals surface area contributed by atoms with Gasteiger partial charge in [0.15, 0.2) is 0 Å². The van der Waals surface area contributed by atoms with Crippen molar-refractivity contribution in [2.45, 2.75) is 13.0 Å². The lowest BCUT2D eigenvalue weighted by atomic mass is 10.1. The molecule has 2 N–H and O–H groups in total. The second-order valence-corrected chi connectivity index (χ2v) is 3.84. The summed E-state index contributed by atoms with van der Waals surface area (Å²) in [5.41, 5.74) is 2.06. The van der Waals surface area contributed by atoms with Gasteiger partial charge in [0.1, 0.15) is 5.56 Å². The third-order valence-electron chi connectivity index (χ3n) is 2.77. The number of furan rings is 1. The first kappa shape index (κ1) is 9.83. The molecule has 0 atom stereocenters. The molecular formula is C11H9N3O3. The Morgan fingerprint density at radius 3 is 3.06 bits per heavy atom. The van der Waals surface area contributed by atoms with Crippen LogP contribution in [0, 0.1) is 0 Å². The maximum atomic E-state index is 11.5. The molecule has 6 heteroatoms. The average Bonchev–Trinajstić information content (AvgIpc) is 2.93. The highest BCUT2D eigenvalue weighted by Crippen LogP contribution is 2.17. The fourth-order valence-corrected chi connectivity index (χ4v) is 1.94. The molecule has 0 spiro atoms. The standard InChI is InChI=1S/C11H9N3O3/c15-10-9-7(4-12-10)8(13-14-11(9)16)3-6-1-2-17-5-6/h1-2,5H,3-4H2,(H,12,15)(H,14,16). The summed E-state index contributed by atoms with van der Waals surface area (Å²) in [6.07, 6.45) is 3.72. The number of H-pyrrole nitrogens is 1. The summed E-state index contributed by atoms with van der Waals surface area (Å²) < 4.78 is 4.97. The number of nitrogens with zero attached hydrogens (tertiary/aromatic N) is 1. The number of hydrogen-bond acceptors (Lipinski definition) is 4. The van der Waals surface area contributed by atoms with Crippen LogP contribution in [0.4, 0.5) is 0 Å². The lowest BCUT2D eigenvalue weighted by Crippen LogP contribution is -2.22. The third kappa shape index (κ3) is 1.54. The minimum atomic E-state index is -0.439. The second kappa shape index (κ2) is 3.58. The van der Waals surface area contributed by atoms with Crippen LogP contribution in [0.5, 0.6) is 0 Å². The van der Waals surface area contributed by atoms with E-state index in [4.69, 9.17) is 4.42 Å². The van der Waals surface area contributed by atoms with Crippen molar-refractivity contribution in [3.05, 3.63) is 51.3 Å². The predicted octanol–water partition coefficient (Wildman–Crippen LogP) is 0.197. The highest BCUT2D eigenvalue weighted by atomic mass is 16.3. The van der Waals surface area contributed by atoms with E-state index in [1.54, 1.807) is 12.5 Å². The number of fused-ring (bicyclic) bond motifs is 1. The quantitative estimate of drug-likeness (QED) is 0.772. The van der Waals surface area contributed by atoms with Gasteiger partial charge in [0, 0.05) is 18.5 Å². The largest absolute Gasteiger partial charge is 0.472 e. The van der Waals surface area contributed by atoms with Crippen molar-refractivity contribution in [2.75, 3.05) is 0 Å². The molecule has 1 amide bonds. The Hall–Kier alpha value is -2.37. The van der Waals surface area contributed by atoms with Gasteiger partial charge in [0.05, 0.1) is 18.2 Å². The summed E-state index contributed by atoms with van der Waals surface area (Å²) in [7, 11) is 0. The molecular weight excluding hydrogens is 222 g/mol. The number of rotatable bonds is 2. The van der Waals surface area contributed by atoms with Gasteiger partial charge in [-0.05, 0) is 11.6 Å². The first-order valence-electron chi connectivity index (χ1n) is 5.15. The van der Waals surface area contributed by atoms with Crippen molar-refractivity contribution >= 4 is 5.91 Å². The van der Waals surface area contributed by atoms with Crippen LogP contribution in [0.1, 0.15) is 27.2 Å². The highest BCUT2D eigenvalue weighted by molar-refractivity contribution is 5.98. The number of carbonyl (C=O) groups excluding carboxylic acids is 1. The molecule has 0 radical (unpaired) electrons. The molecule has 3 heterocycles. The van der Waals surface area contributed by atoms with Crippen LogP contribution < -0.4 is 10.9 Å². The maximum Gasteiger partial charge on any atom is 0.277 e. The summed E-state index contributed by atoms with van der Waals surface area (Å²) in [5, 5.41) is 8.96. The van der Waals surface area contributed by atoms with E-state index in [0.29, 0.717) is 24.2 Å². The molecule has 86 valence electrons. The van der Waals surface area contributed by atoms with E-state index < -0.39 is 5.56 Å². The van der Waals surface area contributed by atoms with Gasteiger partial charge in [-0.3, -0.25) is 9.59 Å². The average molecular weight is 231 g/mol. The maximum absolute atomic E-state index is 11.5. The van der Waals surface area contributed by atoms with E-state index in [1.807, 2.05) is 6.07 Å². The van der Waals surface area contributed by atoms with Crippen molar-refractivity contribution in [3.8, 4) is 0 Å². The van der Waals surface area contributed by atoms with Crippen LogP contribution in [-0.4, -0.2) is 16.1 Å². The van der Waals surface area contributed by atoms with Gasteiger partial charge in [-0.1, -0.05) is 0 Å². The van der Waals surface area contributed by atoms with E-state index >= 15 is 0 Å². The van der Waals surface area contributed by atoms with Gasteiger partial charge >= 0.3 is 0 Å². The van der Waals surface area contributed by atoms with E-state index in [-0.39, 0.29) is 11.5 Å². The monoisotopic (exact) mass is 231 g/mol. The number of carbonyl (C=O) groups is 1. The molecule has 0 aromatic carbocycles. The van der Waals surface area contributed by atoms with E-state index in [9.17, 15) is 9.59 Å². The van der Waals surface area contributed by atoms with Gasteiger partial charge in [-0.25, -0.2) is 5.10 Å². The molecule has 1 aliphatic heterocycles. The van der Waals surface area contributed by atoms with Gasteiger partial charge in [-0.15, -0.1) is 0 Å². The SMILES string of the molecule is O=C1NCc2c(Cc3ccoc3)n[nH]c(=O)c21. The molecule has 17 heavy (non-hydrogen) atoms. The smallest absolute Gasteiger partial charge is 0.277 e. The second-order valence-electron chi connectivity index (χ2n) is 3.84. The summed E-state index contributed by atoms with van der Waals surface area (Å²) in [5.74, 6) is -0.336. The van der Waals surface area contributed by atoms with Crippen LogP contribution >= 0.6 is 0 Å². The molecule has 6 nitrogen and oxygen atoms in total. The predicted molar refractivity (Wildman–Crippen MR) is 57.5 cm³/mol. The van der Waals surface area contributed by atoms with Gasteiger partial charge < -0.3 is 9.73 Å². The first-order valence-corrected chi connectivity index (χ1v) is 5.15. The van der Waals surface area contributed by atoms with E-state index in [2.05, 4.69) is 15.5 Å². The van der Waals surface area contributed by atoms with Crippen LogP contribution in [0.15, 0.2) is 27.8 Å². The Bertz CT molecular complexity index is 628. The van der Waals surface area contributed by atoms with Crippen molar-refractivity contribution in [2.24, 2.45) is 0 Å². The minimum absolute atomic E-state index is 0.179. The minimum Gasteiger partial charge on any atom is -0.472 e. The normalized spacial score (nSPS) is 13.5. The Morgan fingerprint density at radius 2 is 2.29 bits per heavy atom. The zero-order chi connectivity index (χ0) is 11.8. The molecule has 2 aromatic heterocycles. The Balaban J connectivity index is 2.08. The number of nitrogens with one attached hydrogen (secondary N) is 2. The fraction of sp³-hybridized carbons (Fsp3) is 0.182. The highest BCUT2D eigenvalue weighted by Gasteiger charge is 2.26. The molecule has 3 rings (SSSR count). The number of hydrogen-bond donors (Lipinski definition) is 2. The summed E-state index contributed by atoms with van der Waals surface area (Å²) in [6.45, 7) is 0.359. The first-order chi connectivity index (χ1) is 8.25. The number of aromatic amines is 1. The Morgan fingerprint density at radius 1 is 1.41 bits per heavy atom. The number of aromatic nitrogens is 2. The molecule has 2 aromatic rings. The Kier molecular flexibility index (Phi) is 2.07. The van der Waals surface area contributed by atoms with Crippen molar-refractivity contribution < 1.29 is 9.21 Å². The topological polar surface area (TPSA) is 88.0 Å². The van der Waals surface area contributed by atoms with Crippen molar-refractivity contribution in [1.82, 2.24) is 15.5 Å². The van der Waals surface area contributed by atoms with Crippen LogP contribution in [0.2, 0.25) is 0 Å². The van der Waals surface area contributed by atoms with Crippen LogP contribution in [0.25, 0.3) is 0 Å². The molecule has 1 aliphatic rings. The molecule has 0 unspecified atom stereocenters. The molecule has 0 fully saturated rings. The fourth-order valence-electron chi connectivity index (χ4n) is 1.94. The Labute approximate surface area is 95.7 Å². The van der Waals surface area contributed by atoms with Crippen LogP contribution in [-0.2, 0) is 13.0 Å². The van der Waals surface area contributed by atoms with Gasteiger partial charge in [0.2, 0.25) is 0 Å². The van der Waals surface area contributed by atoms with Crippen molar-refractivity contribution in [3.63, 3.8) is 0 Å². The molecule has 0 bridgehead atoms. The lowest BCUT2D eigenvalue weighted by molar-refractivity contribution is 0.0964. The zero-order valence-electron chi connectivity index (χ0n) is 8.82. The van der Waals surface area contributed by atoms with E-state index in [1.165, 1.54) is 0 Å². The van der Waals surface area contributed by atoms with E-state index in [0.717, 1.165) is 5.56 Å². The summed E-state index contributed by atoms with van der Waals surface area (Å²) in [4.78, 5) is 22.9. The van der Waals surface area contributed by atoms with Crippen molar-refractivity contribution in [1.29, 1.82) is 0 Å².